The molecule has 2 rings (SSSR count). The Hall–Kier alpha value is -1.26. The third-order valence-electron chi connectivity index (χ3n) is 3.42. The van der Waals surface area contributed by atoms with Crippen molar-refractivity contribution in [2.45, 2.75) is 26.4 Å². The fraction of sp³-hybridized carbons (Fsp3) is 0.294. The second-order valence-corrected chi connectivity index (χ2v) is 6.24. The largest absolute Gasteiger partial charge is 0.306 e. The van der Waals surface area contributed by atoms with Crippen LogP contribution >= 0.6 is 15.9 Å². The van der Waals surface area contributed by atoms with Crippen LogP contribution in [-0.2, 0) is 6.54 Å². The van der Waals surface area contributed by atoms with Crippen molar-refractivity contribution >= 4 is 15.9 Å². The van der Waals surface area contributed by atoms with E-state index in [1.165, 1.54) is 24.3 Å². The average molecular weight is 354 g/mol. The molecule has 0 radical (unpaired) electrons. The number of nitrogens with one attached hydrogen (secondary N) is 1. The lowest BCUT2D eigenvalue weighted by atomic mass is 9.95. The molecule has 0 spiro atoms. The molecule has 0 aliphatic heterocycles. The minimum atomic E-state index is -0.252. The number of halogens is 3. The van der Waals surface area contributed by atoms with Crippen molar-refractivity contribution < 1.29 is 8.78 Å². The van der Waals surface area contributed by atoms with Crippen LogP contribution in [0.4, 0.5) is 8.78 Å². The van der Waals surface area contributed by atoms with Crippen LogP contribution in [0.5, 0.6) is 0 Å². The summed E-state index contributed by atoms with van der Waals surface area (Å²) in [5, 5.41) is 3.42. The van der Waals surface area contributed by atoms with Crippen LogP contribution in [0.25, 0.3) is 0 Å². The van der Waals surface area contributed by atoms with Gasteiger partial charge in [-0.15, -0.1) is 0 Å². The molecule has 0 fully saturated rings. The van der Waals surface area contributed by atoms with Gasteiger partial charge in [0.15, 0.2) is 0 Å². The molecular weight excluding hydrogens is 336 g/mol. The van der Waals surface area contributed by atoms with Crippen LogP contribution in [0.1, 0.15) is 31.0 Å². The molecule has 2 aromatic rings. The van der Waals surface area contributed by atoms with Gasteiger partial charge in [0.05, 0.1) is 0 Å². The van der Waals surface area contributed by atoms with Gasteiger partial charge in [-0.2, -0.15) is 0 Å². The van der Waals surface area contributed by atoms with Crippen LogP contribution < -0.4 is 5.32 Å². The number of hydrogen-bond donors (Lipinski definition) is 1. The molecule has 0 aromatic heterocycles. The zero-order valence-corrected chi connectivity index (χ0v) is 13.6. The summed E-state index contributed by atoms with van der Waals surface area (Å²) in [6.07, 6.45) is 0. The summed E-state index contributed by atoms with van der Waals surface area (Å²) in [7, 11) is 0. The van der Waals surface area contributed by atoms with E-state index in [4.69, 9.17) is 0 Å². The van der Waals surface area contributed by atoms with Gasteiger partial charge in [-0.25, -0.2) is 8.78 Å². The molecule has 1 N–H and O–H groups in total. The van der Waals surface area contributed by atoms with Gasteiger partial charge in [0.25, 0.3) is 0 Å². The first kappa shape index (κ1) is 16.1. The molecule has 2 aromatic carbocycles. The van der Waals surface area contributed by atoms with E-state index in [2.05, 4.69) is 35.1 Å². The summed E-state index contributed by atoms with van der Waals surface area (Å²) in [6.45, 7) is 4.74. The Balaban J connectivity index is 2.13. The molecule has 21 heavy (non-hydrogen) atoms. The highest BCUT2D eigenvalue weighted by Crippen LogP contribution is 2.24. The highest BCUT2D eigenvalue weighted by Gasteiger charge is 2.16. The van der Waals surface area contributed by atoms with E-state index in [1.807, 2.05) is 0 Å². The maximum atomic E-state index is 13.3. The van der Waals surface area contributed by atoms with Crippen molar-refractivity contribution in [2.24, 2.45) is 5.92 Å². The lowest BCUT2D eigenvalue weighted by Gasteiger charge is -2.23. The molecule has 0 bridgehead atoms. The van der Waals surface area contributed by atoms with Crippen molar-refractivity contribution in [3.05, 3.63) is 69.7 Å². The highest BCUT2D eigenvalue weighted by atomic mass is 79.9. The summed E-state index contributed by atoms with van der Waals surface area (Å²) in [5.74, 6) is -0.158. The van der Waals surface area contributed by atoms with Gasteiger partial charge < -0.3 is 5.32 Å². The van der Waals surface area contributed by atoms with E-state index in [0.717, 1.165) is 15.6 Å². The first-order chi connectivity index (χ1) is 9.97. The molecule has 0 aliphatic carbocycles. The Morgan fingerprint density at radius 2 is 1.62 bits per heavy atom. The maximum absolute atomic E-state index is 13.3. The predicted octanol–water partition coefficient (Wildman–Crippen LogP) is 5.21. The fourth-order valence-electron chi connectivity index (χ4n) is 2.31. The summed E-state index contributed by atoms with van der Waals surface area (Å²) in [5.41, 5.74) is 1.89. The van der Waals surface area contributed by atoms with E-state index >= 15 is 0 Å². The Morgan fingerprint density at radius 1 is 1.00 bits per heavy atom. The van der Waals surface area contributed by atoms with Crippen LogP contribution in [0.3, 0.4) is 0 Å². The molecule has 112 valence electrons. The van der Waals surface area contributed by atoms with Gasteiger partial charge in [0, 0.05) is 17.1 Å². The van der Waals surface area contributed by atoms with Gasteiger partial charge >= 0.3 is 0 Å². The quantitative estimate of drug-likeness (QED) is 0.777. The molecule has 1 unspecified atom stereocenters. The smallest absolute Gasteiger partial charge is 0.123 e. The predicted molar refractivity (Wildman–Crippen MR) is 84.9 cm³/mol. The Kier molecular flexibility index (Phi) is 5.48. The van der Waals surface area contributed by atoms with E-state index in [9.17, 15) is 8.78 Å². The molecule has 0 saturated carbocycles. The lowest BCUT2D eigenvalue weighted by Crippen LogP contribution is -2.25. The fourth-order valence-corrected chi connectivity index (χ4v) is 2.69. The summed E-state index contributed by atoms with van der Waals surface area (Å²) >= 11 is 3.43. The average Bonchev–Trinajstić information content (AvgIpc) is 2.44. The maximum Gasteiger partial charge on any atom is 0.123 e. The van der Waals surface area contributed by atoms with E-state index in [-0.39, 0.29) is 17.7 Å². The Morgan fingerprint density at radius 3 is 2.24 bits per heavy atom. The third kappa shape index (κ3) is 4.35. The van der Waals surface area contributed by atoms with E-state index < -0.39 is 0 Å². The second-order valence-electron chi connectivity index (χ2n) is 5.39. The van der Waals surface area contributed by atoms with Crippen molar-refractivity contribution in [3.8, 4) is 0 Å². The second kappa shape index (κ2) is 7.14. The van der Waals surface area contributed by atoms with Crippen LogP contribution in [0.15, 0.2) is 46.9 Å². The normalized spacial score (nSPS) is 12.7. The summed E-state index contributed by atoms with van der Waals surface area (Å²) < 4.78 is 27.2. The Bertz CT molecular complexity index is 596. The molecule has 1 nitrogen and oxygen atoms in total. The first-order valence-corrected chi connectivity index (χ1v) is 7.69. The number of benzene rings is 2. The van der Waals surface area contributed by atoms with Gasteiger partial charge in [-0.1, -0.05) is 41.9 Å². The molecule has 4 heteroatoms. The zero-order chi connectivity index (χ0) is 15.4. The SMILES string of the molecule is CC(C)C(NCc1cc(F)ccc1Br)c1ccc(F)cc1. The van der Waals surface area contributed by atoms with Crippen molar-refractivity contribution in [3.63, 3.8) is 0 Å². The number of rotatable bonds is 5. The number of hydrogen-bond acceptors (Lipinski definition) is 1. The first-order valence-electron chi connectivity index (χ1n) is 6.90. The molecule has 0 amide bonds. The van der Waals surface area contributed by atoms with E-state index in [0.29, 0.717) is 12.5 Å². The van der Waals surface area contributed by atoms with Gasteiger partial charge in [0.1, 0.15) is 11.6 Å². The van der Waals surface area contributed by atoms with E-state index in [1.54, 1.807) is 18.2 Å². The van der Waals surface area contributed by atoms with Gasteiger partial charge in [-0.05, 0) is 47.4 Å². The molecule has 0 saturated heterocycles. The minimum Gasteiger partial charge on any atom is -0.306 e. The summed E-state index contributed by atoms with van der Waals surface area (Å²) in [4.78, 5) is 0. The topological polar surface area (TPSA) is 12.0 Å². The van der Waals surface area contributed by atoms with Crippen LogP contribution in [0, 0.1) is 17.6 Å². The Labute approximate surface area is 132 Å². The van der Waals surface area contributed by atoms with Crippen molar-refractivity contribution in [1.29, 1.82) is 0 Å². The van der Waals surface area contributed by atoms with Crippen LogP contribution in [0.2, 0.25) is 0 Å². The standard InChI is InChI=1S/C17H18BrF2N/c1-11(2)17(12-3-5-14(19)6-4-12)21-10-13-9-15(20)7-8-16(13)18/h3-9,11,17,21H,10H2,1-2H3. The van der Waals surface area contributed by atoms with Crippen molar-refractivity contribution in [2.75, 3.05) is 0 Å². The molecule has 1 atom stereocenters. The zero-order valence-electron chi connectivity index (χ0n) is 12.0. The lowest BCUT2D eigenvalue weighted by molar-refractivity contribution is 0.409. The molecular formula is C17H18BrF2N. The minimum absolute atomic E-state index is 0.0840. The van der Waals surface area contributed by atoms with Gasteiger partial charge in [-0.3, -0.25) is 0 Å². The summed E-state index contributed by atoms with van der Waals surface area (Å²) in [6, 6.07) is 11.2. The third-order valence-corrected chi connectivity index (χ3v) is 4.19. The van der Waals surface area contributed by atoms with Crippen LogP contribution in [-0.4, -0.2) is 0 Å². The van der Waals surface area contributed by atoms with Crippen molar-refractivity contribution in [1.82, 2.24) is 5.32 Å². The molecule has 0 aliphatic rings. The molecule has 0 heterocycles. The highest BCUT2D eigenvalue weighted by molar-refractivity contribution is 9.10. The van der Waals surface area contributed by atoms with Gasteiger partial charge in [0.2, 0.25) is 0 Å². The monoisotopic (exact) mass is 353 g/mol.